The Kier molecular flexibility index (Phi) is 6.64. The van der Waals surface area contributed by atoms with Gasteiger partial charge in [-0.25, -0.2) is 8.42 Å². The summed E-state index contributed by atoms with van der Waals surface area (Å²) in [6.45, 7) is 3.36. The highest BCUT2D eigenvalue weighted by molar-refractivity contribution is 7.99. The Balaban J connectivity index is 1.72. The largest absolute Gasteiger partial charge is 0.337 e. The number of thioether (sulfide) groups is 1. The summed E-state index contributed by atoms with van der Waals surface area (Å²) in [5.74, 6) is 1.49. The fourth-order valence-corrected chi connectivity index (χ4v) is 4.87. The summed E-state index contributed by atoms with van der Waals surface area (Å²) in [7, 11) is -3.18. The molecule has 0 bridgehead atoms. The summed E-state index contributed by atoms with van der Waals surface area (Å²) in [5.41, 5.74) is 2.98. The number of nitrogens with zero attached hydrogens (tertiary/aromatic N) is 1. The summed E-state index contributed by atoms with van der Waals surface area (Å²) >= 11 is 1.85. The van der Waals surface area contributed by atoms with E-state index < -0.39 is 9.84 Å². The summed E-state index contributed by atoms with van der Waals surface area (Å²) in [6, 6.07) is 11.8. The van der Waals surface area contributed by atoms with Gasteiger partial charge in [0.1, 0.15) is 0 Å². The van der Waals surface area contributed by atoms with Crippen LogP contribution in [0.5, 0.6) is 0 Å². The van der Waals surface area contributed by atoms with Gasteiger partial charge in [0.05, 0.1) is 5.75 Å². The molecule has 1 fully saturated rings. The molecule has 1 aliphatic rings. The molecule has 0 unspecified atom stereocenters. The molecule has 0 spiro atoms. The molecular weight excluding hydrogens is 408 g/mol. The second-order valence-corrected chi connectivity index (χ2v) is 10.5. The third kappa shape index (κ3) is 5.83. The van der Waals surface area contributed by atoms with Crippen molar-refractivity contribution in [3.63, 3.8) is 0 Å². The van der Waals surface area contributed by atoms with Crippen LogP contribution in [0.3, 0.4) is 0 Å². The first-order valence-electron chi connectivity index (χ1n) is 9.28. The molecule has 1 heterocycles. The Labute approximate surface area is 175 Å². The van der Waals surface area contributed by atoms with Gasteiger partial charge in [-0.05, 0) is 48.4 Å². The Morgan fingerprint density at radius 3 is 2.45 bits per heavy atom. The molecule has 0 atom stereocenters. The maximum absolute atomic E-state index is 12.6. The minimum Gasteiger partial charge on any atom is -0.337 e. The smallest absolute Gasteiger partial charge is 0.255 e. The van der Waals surface area contributed by atoms with Crippen LogP contribution < -0.4 is 5.32 Å². The first kappa shape index (κ1) is 21.4. The summed E-state index contributed by atoms with van der Waals surface area (Å²) < 4.78 is 23.0. The molecule has 2 amide bonds. The van der Waals surface area contributed by atoms with E-state index in [4.69, 9.17) is 0 Å². The SMILES string of the molecule is Cc1cc(C(=O)N2CCSCC2)ccc1NC(=O)c1cccc(CS(C)(=O)=O)c1. The van der Waals surface area contributed by atoms with Crippen LogP contribution in [0.4, 0.5) is 5.69 Å². The standard InChI is InChI=1S/C21H24N2O4S2/c1-15-12-18(21(25)23-8-10-28-11-9-23)6-7-19(15)22-20(24)17-5-3-4-16(13-17)14-29(2,26)27/h3-7,12-13H,8-11,14H2,1-2H3,(H,22,24). The van der Waals surface area contributed by atoms with Crippen LogP contribution in [0.2, 0.25) is 0 Å². The summed E-state index contributed by atoms with van der Waals surface area (Å²) in [6.07, 6.45) is 1.16. The first-order valence-corrected chi connectivity index (χ1v) is 12.5. The van der Waals surface area contributed by atoms with E-state index in [1.165, 1.54) is 0 Å². The minimum absolute atomic E-state index is 0.0137. The van der Waals surface area contributed by atoms with Crippen LogP contribution in [0.1, 0.15) is 31.8 Å². The van der Waals surface area contributed by atoms with Crippen molar-refractivity contribution in [1.29, 1.82) is 0 Å². The van der Waals surface area contributed by atoms with E-state index in [9.17, 15) is 18.0 Å². The van der Waals surface area contributed by atoms with Crippen molar-refractivity contribution in [2.75, 3.05) is 36.2 Å². The molecule has 3 rings (SSSR count). The molecule has 0 aromatic heterocycles. The zero-order valence-corrected chi connectivity index (χ0v) is 18.1. The van der Waals surface area contributed by atoms with Crippen LogP contribution in [0.15, 0.2) is 42.5 Å². The van der Waals surface area contributed by atoms with E-state index in [1.54, 1.807) is 42.5 Å². The number of hydrogen-bond acceptors (Lipinski definition) is 5. The van der Waals surface area contributed by atoms with Crippen molar-refractivity contribution in [2.45, 2.75) is 12.7 Å². The lowest BCUT2D eigenvalue weighted by molar-refractivity contribution is 0.0772. The van der Waals surface area contributed by atoms with Crippen molar-refractivity contribution in [3.05, 3.63) is 64.7 Å². The first-order chi connectivity index (χ1) is 13.7. The quantitative estimate of drug-likeness (QED) is 0.785. The average Bonchev–Trinajstić information content (AvgIpc) is 2.68. The lowest BCUT2D eigenvalue weighted by Crippen LogP contribution is -2.37. The lowest BCUT2D eigenvalue weighted by Gasteiger charge is -2.26. The van der Waals surface area contributed by atoms with Crippen molar-refractivity contribution >= 4 is 39.1 Å². The number of sulfone groups is 1. The lowest BCUT2D eigenvalue weighted by atomic mass is 10.1. The maximum Gasteiger partial charge on any atom is 0.255 e. The average molecular weight is 433 g/mol. The molecule has 0 aliphatic carbocycles. The van der Waals surface area contributed by atoms with Gasteiger partial charge in [-0.15, -0.1) is 0 Å². The minimum atomic E-state index is -3.18. The number of nitrogens with one attached hydrogen (secondary N) is 1. The number of hydrogen-bond donors (Lipinski definition) is 1. The molecular formula is C21H24N2O4S2. The highest BCUT2D eigenvalue weighted by atomic mass is 32.2. The molecule has 8 heteroatoms. The van der Waals surface area contributed by atoms with E-state index in [-0.39, 0.29) is 17.6 Å². The molecule has 2 aromatic rings. The van der Waals surface area contributed by atoms with Crippen molar-refractivity contribution in [3.8, 4) is 0 Å². The van der Waals surface area contributed by atoms with Crippen LogP contribution in [-0.4, -0.2) is 56.0 Å². The van der Waals surface area contributed by atoms with Crippen molar-refractivity contribution in [2.24, 2.45) is 0 Å². The molecule has 1 N–H and O–H groups in total. The molecule has 0 saturated carbocycles. The van der Waals surface area contributed by atoms with Gasteiger partial charge in [0.2, 0.25) is 0 Å². The maximum atomic E-state index is 12.6. The monoisotopic (exact) mass is 432 g/mol. The van der Waals surface area contributed by atoms with E-state index in [1.807, 2.05) is 23.6 Å². The normalized spacial score (nSPS) is 14.5. The third-order valence-corrected chi connectivity index (χ3v) is 6.44. The van der Waals surface area contributed by atoms with Crippen LogP contribution in [-0.2, 0) is 15.6 Å². The number of carbonyl (C=O) groups is 2. The highest BCUT2D eigenvalue weighted by Gasteiger charge is 2.19. The van der Waals surface area contributed by atoms with Crippen molar-refractivity contribution in [1.82, 2.24) is 4.90 Å². The molecule has 1 aliphatic heterocycles. The van der Waals surface area contributed by atoms with Gasteiger partial charge in [0.15, 0.2) is 9.84 Å². The predicted molar refractivity (Wildman–Crippen MR) is 117 cm³/mol. The van der Waals surface area contributed by atoms with Gasteiger partial charge in [0.25, 0.3) is 11.8 Å². The Hall–Kier alpha value is -2.32. The number of carbonyl (C=O) groups excluding carboxylic acids is 2. The van der Waals surface area contributed by atoms with E-state index in [0.29, 0.717) is 22.4 Å². The van der Waals surface area contributed by atoms with Gasteiger partial charge in [-0.1, -0.05) is 12.1 Å². The van der Waals surface area contributed by atoms with Gasteiger partial charge < -0.3 is 10.2 Å². The van der Waals surface area contributed by atoms with Crippen LogP contribution in [0.25, 0.3) is 0 Å². The molecule has 154 valence electrons. The molecule has 2 aromatic carbocycles. The fourth-order valence-electron chi connectivity index (χ4n) is 3.19. The zero-order valence-electron chi connectivity index (χ0n) is 16.5. The van der Waals surface area contributed by atoms with Crippen LogP contribution >= 0.6 is 11.8 Å². The second kappa shape index (κ2) is 9.00. The Bertz CT molecular complexity index is 1030. The second-order valence-electron chi connectivity index (χ2n) is 7.16. The molecule has 0 radical (unpaired) electrons. The third-order valence-electron chi connectivity index (χ3n) is 4.64. The number of anilines is 1. The molecule has 6 nitrogen and oxygen atoms in total. The Morgan fingerprint density at radius 2 is 1.79 bits per heavy atom. The highest BCUT2D eigenvalue weighted by Crippen LogP contribution is 2.20. The Morgan fingerprint density at radius 1 is 1.07 bits per heavy atom. The van der Waals surface area contributed by atoms with Crippen molar-refractivity contribution < 1.29 is 18.0 Å². The molecule has 29 heavy (non-hydrogen) atoms. The summed E-state index contributed by atoms with van der Waals surface area (Å²) in [4.78, 5) is 27.1. The topological polar surface area (TPSA) is 83.6 Å². The summed E-state index contributed by atoms with van der Waals surface area (Å²) in [5, 5.41) is 2.85. The zero-order chi connectivity index (χ0) is 21.0. The number of rotatable bonds is 5. The molecule has 1 saturated heterocycles. The van der Waals surface area contributed by atoms with E-state index in [0.717, 1.165) is 36.4 Å². The fraction of sp³-hybridized carbons (Fsp3) is 0.333. The van der Waals surface area contributed by atoms with Crippen LogP contribution in [0, 0.1) is 6.92 Å². The number of amides is 2. The van der Waals surface area contributed by atoms with Gasteiger partial charge >= 0.3 is 0 Å². The number of benzene rings is 2. The van der Waals surface area contributed by atoms with Gasteiger partial charge in [-0.2, -0.15) is 11.8 Å². The number of aryl methyl sites for hydroxylation is 1. The van der Waals surface area contributed by atoms with Gasteiger partial charge in [0, 0.05) is 47.7 Å². The van der Waals surface area contributed by atoms with E-state index in [2.05, 4.69) is 5.32 Å². The predicted octanol–water partition coefficient (Wildman–Crippen LogP) is 2.98. The van der Waals surface area contributed by atoms with E-state index >= 15 is 0 Å². The van der Waals surface area contributed by atoms with Gasteiger partial charge in [-0.3, -0.25) is 9.59 Å².